The molecule has 1 nitrogen and oxygen atoms in total. The smallest absolute Gasteiger partial charge is 0.422 e. The Balaban J connectivity index is 1.82. The van der Waals surface area contributed by atoms with Crippen LogP contribution >= 0.6 is 0 Å². The molecule has 0 atom stereocenters. The SMILES string of the molecule is CCCc1cc(F)c(CCc2ccc3c(F)c(OCC(F)(F)F)c(F)cc3c2)c(F)c1. The minimum atomic E-state index is -4.74. The molecular weight excluding hydrogens is 425 g/mol. The lowest BCUT2D eigenvalue weighted by Crippen LogP contribution is -2.20. The molecule has 0 saturated heterocycles. The maximum atomic E-state index is 14.5. The highest BCUT2D eigenvalue weighted by atomic mass is 19.4. The second kappa shape index (κ2) is 9.16. The summed E-state index contributed by atoms with van der Waals surface area (Å²) in [5.41, 5.74) is 1.06. The molecule has 0 aliphatic rings. The normalized spacial score (nSPS) is 11.9. The minimum Gasteiger partial charge on any atom is -0.478 e. The van der Waals surface area contributed by atoms with Crippen molar-refractivity contribution >= 4 is 10.8 Å². The Bertz CT molecular complexity index is 1070. The van der Waals surface area contributed by atoms with Gasteiger partial charge in [-0.05, 0) is 54.0 Å². The van der Waals surface area contributed by atoms with E-state index in [-0.39, 0.29) is 29.2 Å². The minimum absolute atomic E-state index is 0.0350. The lowest BCUT2D eigenvalue weighted by atomic mass is 9.98. The Kier molecular flexibility index (Phi) is 6.77. The molecule has 0 bridgehead atoms. The third kappa shape index (κ3) is 5.48. The zero-order valence-electron chi connectivity index (χ0n) is 16.6. The maximum absolute atomic E-state index is 14.5. The Morgan fingerprint density at radius 3 is 2.06 bits per heavy atom. The standard InChI is InChI=1S/C23H19F7O/c1-2-3-14-9-18(24)17(19(25)10-14)7-5-13-4-6-16-15(8-13)11-20(26)22(21(16)27)31-12-23(28,29)30/h4,6,8-11H,2-3,5,7,12H2,1H3. The van der Waals surface area contributed by atoms with Gasteiger partial charge < -0.3 is 4.74 Å². The first-order valence-electron chi connectivity index (χ1n) is 9.66. The second-order valence-electron chi connectivity index (χ2n) is 7.25. The Hall–Kier alpha value is -2.77. The first kappa shape index (κ1) is 22.9. The molecule has 0 heterocycles. The number of fused-ring (bicyclic) bond motifs is 1. The number of hydrogen-bond acceptors (Lipinski definition) is 1. The van der Waals surface area contributed by atoms with Crippen LogP contribution in [0.4, 0.5) is 30.7 Å². The predicted molar refractivity (Wildman–Crippen MR) is 103 cm³/mol. The van der Waals surface area contributed by atoms with Gasteiger partial charge in [0.15, 0.2) is 24.0 Å². The van der Waals surface area contributed by atoms with Gasteiger partial charge in [-0.15, -0.1) is 0 Å². The first-order chi connectivity index (χ1) is 14.6. The Morgan fingerprint density at radius 1 is 0.774 bits per heavy atom. The highest BCUT2D eigenvalue weighted by molar-refractivity contribution is 5.85. The molecule has 166 valence electrons. The molecule has 31 heavy (non-hydrogen) atoms. The molecule has 3 aromatic rings. The van der Waals surface area contributed by atoms with Gasteiger partial charge in [0, 0.05) is 10.9 Å². The van der Waals surface area contributed by atoms with E-state index in [1.807, 2.05) is 6.92 Å². The molecule has 0 saturated carbocycles. The fourth-order valence-corrected chi connectivity index (χ4v) is 3.40. The summed E-state index contributed by atoms with van der Waals surface area (Å²) in [6, 6.07) is 7.64. The lowest BCUT2D eigenvalue weighted by molar-refractivity contribution is -0.154. The third-order valence-corrected chi connectivity index (χ3v) is 4.83. The van der Waals surface area contributed by atoms with Crippen LogP contribution < -0.4 is 4.74 Å². The van der Waals surface area contributed by atoms with E-state index in [4.69, 9.17) is 0 Å². The van der Waals surface area contributed by atoms with Gasteiger partial charge in [-0.25, -0.2) is 17.6 Å². The van der Waals surface area contributed by atoms with Gasteiger partial charge in [-0.2, -0.15) is 13.2 Å². The average molecular weight is 444 g/mol. The van der Waals surface area contributed by atoms with Crippen molar-refractivity contribution in [2.45, 2.75) is 38.8 Å². The van der Waals surface area contributed by atoms with Gasteiger partial charge in [-0.1, -0.05) is 31.5 Å². The van der Waals surface area contributed by atoms with Crippen LogP contribution in [0.1, 0.15) is 30.0 Å². The molecular formula is C23H19F7O. The van der Waals surface area contributed by atoms with Crippen LogP contribution in [0.25, 0.3) is 10.8 Å². The quantitative estimate of drug-likeness (QED) is 0.354. The predicted octanol–water partition coefficient (Wildman–Crippen LogP) is 7.08. The van der Waals surface area contributed by atoms with Crippen molar-refractivity contribution in [2.24, 2.45) is 0 Å². The molecule has 0 spiro atoms. The third-order valence-electron chi connectivity index (χ3n) is 4.83. The van der Waals surface area contributed by atoms with Crippen molar-refractivity contribution in [1.82, 2.24) is 0 Å². The summed E-state index contributed by atoms with van der Waals surface area (Å²) in [6.45, 7) is 0.0825. The van der Waals surface area contributed by atoms with E-state index in [1.165, 1.54) is 30.3 Å². The fourth-order valence-electron chi connectivity index (χ4n) is 3.40. The average Bonchev–Trinajstić information content (AvgIpc) is 2.66. The largest absolute Gasteiger partial charge is 0.478 e. The number of benzene rings is 3. The maximum Gasteiger partial charge on any atom is 0.422 e. The van der Waals surface area contributed by atoms with Crippen LogP contribution in [0.2, 0.25) is 0 Å². The summed E-state index contributed by atoms with van der Waals surface area (Å²) < 4.78 is 98.2. The topological polar surface area (TPSA) is 9.23 Å². The van der Waals surface area contributed by atoms with E-state index in [1.54, 1.807) is 0 Å². The zero-order valence-corrected chi connectivity index (χ0v) is 16.6. The number of alkyl halides is 3. The number of halogens is 7. The Labute approximate surface area is 174 Å². The van der Waals surface area contributed by atoms with Crippen molar-refractivity contribution in [3.63, 3.8) is 0 Å². The van der Waals surface area contributed by atoms with Crippen LogP contribution in [-0.2, 0) is 19.3 Å². The van der Waals surface area contributed by atoms with Crippen molar-refractivity contribution < 1.29 is 35.5 Å². The number of ether oxygens (including phenoxy) is 1. The summed E-state index contributed by atoms with van der Waals surface area (Å²) in [5, 5.41) is -0.0188. The summed E-state index contributed by atoms with van der Waals surface area (Å²) in [6.07, 6.45) is -3.19. The van der Waals surface area contributed by atoms with Crippen LogP contribution in [-0.4, -0.2) is 12.8 Å². The van der Waals surface area contributed by atoms with E-state index in [9.17, 15) is 30.7 Å². The molecule has 0 fully saturated rings. The van der Waals surface area contributed by atoms with E-state index in [0.717, 1.165) is 12.5 Å². The lowest BCUT2D eigenvalue weighted by Gasteiger charge is -2.13. The highest BCUT2D eigenvalue weighted by Gasteiger charge is 2.30. The molecule has 0 aliphatic carbocycles. The monoisotopic (exact) mass is 444 g/mol. The van der Waals surface area contributed by atoms with E-state index in [2.05, 4.69) is 4.74 Å². The van der Waals surface area contributed by atoms with Crippen LogP contribution in [0.15, 0.2) is 36.4 Å². The van der Waals surface area contributed by atoms with Crippen LogP contribution in [0.3, 0.4) is 0 Å². The van der Waals surface area contributed by atoms with E-state index in [0.29, 0.717) is 17.5 Å². The highest BCUT2D eigenvalue weighted by Crippen LogP contribution is 2.32. The molecule has 3 aromatic carbocycles. The van der Waals surface area contributed by atoms with Crippen LogP contribution in [0.5, 0.6) is 5.75 Å². The van der Waals surface area contributed by atoms with Crippen molar-refractivity contribution in [1.29, 1.82) is 0 Å². The van der Waals surface area contributed by atoms with Crippen molar-refractivity contribution in [3.05, 3.63) is 76.4 Å². The van der Waals surface area contributed by atoms with E-state index < -0.39 is 41.8 Å². The molecule has 0 aromatic heterocycles. The van der Waals surface area contributed by atoms with Gasteiger partial charge in [0.05, 0.1) is 0 Å². The molecule has 0 unspecified atom stereocenters. The second-order valence-corrected chi connectivity index (χ2v) is 7.25. The molecule has 0 aliphatic heterocycles. The molecule has 8 heteroatoms. The molecule has 3 rings (SSSR count). The zero-order chi connectivity index (χ0) is 22.8. The number of aryl methyl sites for hydroxylation is 2. The van der Waals surface area contributed by atoms with E-state index >= 15 is 0 Å². The summed E-state index contributed by atoms with van der Waals surface area (Å²) >= 11 is 0. The summed E-state index contributed by atoms with van der Waals surface area (Å²) in [5.74, 6) is -4.90. The Morgan fingerprint density at radius 2 is 1.45 bits per heavy atom. The summed E-state index contributed by atoms with van der Waals surface area (Å²) in [4.78, 5) is 0. The van der Waals surface area contributed by atoms with Crippen molar-refractivity contribution in [2.75, 3.05) is 6.61 Å². The van der Waals surface area contributed by atoms with Gasteiger partial charge in [0.25, 0.3) is 0 Å². The fraction of sp³-hybridized carbons (Fsp3) is 0.304. The van der Waals surface area contributed by atoms with Gasteiger partial charge in [-0.3, -0.25) is 0 Å². The van der Waals surface area contributed by atoms with Gasteiger partial charge >= 0.3 is 6.18 Å². The number of hydrogen-bond donors (Lipinski definition) is 0. The first-order valence-corrected chi connectivity index (χ1v) is 9.66. The molecule has 0 radical (unpaired) electrons. The van der Waals surface area contributed by atoms with Gasteiger partial charge in [0.2, 0.25) is 0 Å². The molecule has 0 amide bonds. The summed E-state index contributed by atoms with van der Waals surface area (Å²) in [7, 11) is 0. The molecule has 0 N–H and O–H groups in total. The van der Waals surface area contributed by atoms with Gasteiger partial charge in [0.1, 0.15) is 11.6 Å². The number of rotatable bonds is 7. The van der Waals surface area contributed by atoms with Crippen molar-refractivity contribution in [3.8, 4) is 5.75 Å². The van der Waals surface area contributed by atoms with Crippen LogP contribution in [0, 0.1) is 23.3 Å².